The van der Waals surface area contributed by atoms with Gasteiger partial charge in [0, 0.05) is 19.6 Å². The van der Waals surface area contributed by atoms with Gasteiger partial charge in [-0.15, -0.1) is 0 Å². The maximum absolute atomic E-state index is 10.7. The molecular formula is C15H27NO2. The van der Waals surface area contributed by atoms with Crippen LogP contribution in [-0.2, 0) is 4.74 Å². The molecule has 1 aliphatic heterocycles. The zero-order chi connectivity index (χ0) is 12.6. The number of ether oxygens (including phenoxy) is 1. The Labute approximate surface area is 110 Å². The number of nitrogens with zero attached hydrogens (tertiary/aromatic N) is 1. The SMILES string of the molecule is CC1CCC(O)(CN2CCOC3(CCC3)C2)CC1. The van der Waals surface area contributed by atoms with Gasteiger partial charge in [-0.1, -0.05) is 6.92 Å². The summed E-state index contributed by atoms with van der Waals surface area (Å²) in [5.74, 6) is 0.799. The van der Waals surface area contributed by atoms with Gasteiger partial charge >= 0.3 is 0 Å². The lowest BCUT2D eigenvalue weighted by molar-refractivity contribution is -0.163. The number of aliphatic hydroxyl groups is 1. The average Bonchev–Trinajstić information content (AvgIpc) is 2.32. The van der Waals surface area contributed by atoms with Crippen LogP contribution in [0.2, 0.25) is 0 Å². The minimum absolute atomic E-state index is 0.163. The number of rotatable bonds is 2. The van der Waals surface area contributed by atoms with Crippen LogP contribution in [0.3, 0.4) is 0 Å². The average molecular weight is 253 g/mol. The van der Waals surface area contributed by atoms with Crippen molar-refractivity contribution in [2.24, 2.45) is 5.92 Å². The predicted octanol–water partition coefficient (Wildman–Crippen LogP) is 2.18. The second-order valence-electron chi connectivity index (χ2n) is 7.00. The normalized spacial score (nSPS) is 40.7. The predicted molar refractivity (Wildman–Crippen MR) is 71.6 cm³/mol. The van der Waals surface area contributed by atoms with E-state index in [-0.39, 0.29) is 5.60 Å². The molecule has 0 unspecified atom stereocenters. The maximum Gasteiger partial charge on any atom is 0.0809 e. The van der Waals surface area contributed by atoms with Crippen molar-refractivity contribution in [3.63, 3.8) is 0 Å². The molecule has 0 aromatic heterocycles. The third kappa shape index (κ3) is 2.59. The Morgan fingerprint density at radius 2 is 1.94 bits per heavy atom. The molecular weight excluding hydrogens is 226 g/mol. The van der Waals surface area contributed by atoms with Crippen molar-refractivity contribution in [1.82, 2.24) is 4.90 Å². The van der Waals surface area contributed by atoms with E-state index in [0.29, 0.717) is 0 Å². The molecule has 1 saturated heterocycles. The Hall–Kier alpha value is -0.120. The Kier molecular flexibility index (Phi) is 3.41. The quantitative estimate of drug-likeness (QED) is 0.819. The van der Waals surface area contributed by atoms with E-state index in [1.807, 2.05) is 0 Å². The highest BCUT2D eigenvalue weighted by Crippen LogP contribution is 2.39. The molecule has 18 heavy (non-hydrogen) atoms. The molecule has 0 aromatic rings. The minimum Gasteiger partial charge on any atom is -0.389 e. The zero-order valence-corrected chi connectivity index (χ0v) is 11.7. The summed E-state index contributed by atoms with van der Waals surface area (Å²) in [6.07, 6.45) is 8.10. The van der Waals surface area contributed by atoms with Crippen molar-refractivity contribution in [2.45, 2.75) is 63.1 Å². The van der Waals surface area contributed by atoms with Gasteiger partial charge in [0.05, 0.1) is 17.8 Å². The molecule has 104 valence electrons. The first-order valence-electron chi connectivity index (χ1n) is 7.68. The van der Waals surface area contributed by atoms with E-state index in [9.17, 15) is 5.11 Å². The first-order chi connectivity index (χ1) is 8.59. The van der Waals surface area contributed by atoms with Crippen molar-refractivity contribution in [2.75, 3.05) is 26.2 Å². The zero-order valence-electron chi connectivity index (χ0n) is 11.7. The lowest BCUT2D eigenvalue weighted by Gasteiger charge is -2.50. The van der Waals surface area contributed by atoms with Crippen LogP contribution in [0.25, 0.3) is 0 Å². The summed E-state index contributed by atoms with van der Waals surface area (Å²) in [4.78, 5) is 2.46. The third-order valence-electron chi connectivity index (χ3n) is 5.32. The summed E-state index contributed by atoms with van der Waals surface area (Å²) in [7, 11) is 0. The Bertz CT molecular complexity index is 293. The molecule has 0 aromatic carbocycles. The molecule has 0 amide bonds. The number of β-amino-alcohol motifs (C(OH)–C–C–N with tert-alkyl or cyclic N) is 1. The van der Waals surface area contributed by atoms with Crippen LogP contribution in [0.5, 0.6) is 0 Å². The van der Waals surface area contributed by atoms with Gasteiger partial charge in [-0.05, 0) is 50.9 Å². The molecule has 3 rings (SSSR count). The van der Waals surface area contributed by atoms with E-state index < -0.39 is 5.60 Å². The van der Waals surface area contributed by atoms with Gasteiger partial charge in [0.15, 0.2) is 0 Å². The molecule has 0 atom stereocenters. The largest absolute Gasteiger partial charge is 0.389 e. The molecule has 3 heteroatoms. The van der Waals surface area contributed by atoms with Gasteiger partial charge in [0.1, 0.15) is 0 Å². The topological polar surface area (TPSA) is 32.7 Å². The fraction of sp³-hybridized carbons (Fsp3) is 1.00. The molecule has 1 N–H and O–H groups in total. The molecule has 3 nitrogen and oxygen atoms in total. The summed E-state index contributed by atoms with van der Waals surface area (Å²) < 4.78 is 5.95. The van der Waals surface area contributed by atoms with E-state index in [4.69, 9.17) is 4.74 Å². The standard InChI is InChI=1S/C15H27NO2/c1-13-3-7-14(17,8-4-13)11-16-9-10-18-15(12-16)5-2-6-15/h13,17H,2-12H2,1H3. The highest BCUT2D eigenvalue weighted by atomic mass is 16.5. The van der Waals surface area contributed by atoms with Gasteiger partial charge < -0.3 is 9.84 Å². The van der Waals surface area contributed by atoms with Crippen LogP contribution in [0, 0.1) is 5.92 Å². The van der Waals surface area contributed by atoms with Crippen molar-refractivity contribution in [1.29, 1.82) is 0 Å². The third-order valence-corrected chi connectivity index (χ3v) is 5.32. The fourth-order valence-corrected chi connectivity index (χ4v) is 3.81. The molecule has 1 spiro atoms. The molecule has 2 saturated carbocycles. The fourth-order valence-electron chi connectivity index (χ4n) is 3.81. The van der Waals surface area contributed by atoms with Crippen LogP contribution in [-0.4, -0.2) is 47.4 Å². The Morgan fingerprint density at radius 1 is 1.22 bits per heavy atom. The smallest absolute Gasteiger partial charge is 0.0809 e. The van der Waals surface area contributed by atoms with E-state index in [0.717, 1.165) is 45.0 Å². The summed E-state index contributed by atoms with van der Waals surface area (Å²) >= 11 is 0. The molecule has 0 bridgehead atoms. The highest BCUT2D eigenvalue weighted by Gasteiger charge is 2.44. The van der Waals surface area contributed by atoms with E-state index in [2.05, 4.69) is 11.8 Å². The van der Waals surface area contributed by atoms with Gasteiger partial charge in [-0.25, -0.2) is 0 Å². The first kappa shape index (κ1) is 12.9. The molecule has 3 aliphatic rings. The van der Waals surface area contributed by atoms with E-state index >= 15 is 0 Å². The summed E-state index contributed by atoms with van der Waals surface area (Å²) in [5, 5.41) is 10.7. The number of hydrogen-bond donors (Lipinski definition) is 1. The van der Waals surface area contributed by atoms with Crippen LogP contribution in [0.15, 0.2) is 0 Å². The van der Waals surface area contributed by atoms with E-state index in [1.54, 1.807) is 0 Å². The molecule has 1 heterocycles. The molecule has 0 radical (unpaired) electrons. The lowest BCUT2D eigenvalue weighted by Crippen LogP contribution is -2.58. The highest BCUT2D eigenvalue weighted by molar-refractivity contribution is 4.97. The molecule has 3 fully saturated rings. The van der Waals surface area contributed by atoms with Gasteiger partial charge in [0.25, 0.3) is 0 Å². The van der Waals surface area contributed by atoms with Crippen molar-refractivity contribution < 1.29 is 9.84 Å². The summed E-state index contributed by atoms with van der Waals surface area (Å²) in [5.41, 5.74) is -0.259. The Balaban J connectivity index is 1.55. The first-order valence-corrected chi connectivity index (χ1v) is 7.68. The van der Waals surface area contributed by atoms with Crippen LogP contribution in [0.4, 0.5) is 0 Å². The molecule has 2 aliphatic carbocycles. The van der Waals surface area contributed by atoms with Gasteiger partial charge in [-0.2, -0.15) is 0 Å². The number of hydrogen-bond acceptors (Lipinski definition) is 3. The summed E-state index contributed by atoms with van der Waals surface area (Å²) in [6, 6.07) is 0. The van der Waals surface area contributed by atoms with Crippen LogP contribution in [0.1, 0.15) is 51.9 Å². The van der Waals surface area contributed by atoms with Gasteiger partial charge in [-0.3, -0.25) is 4.90 Å². The summed E-state index contributed by atoms with van der Waals surface area (Å²) in [6.45, 7) is 6.07. The second-order valence-corrected chi connectivity index (χ2v) is 7.00. The Morgan fingerprint density at radius 3 is 2.56 bits per heavy atom. The van der Waals surface area contributed by atoms with Gasteiger partial charge in [0.2, 0.25) is 0 Å². The monoisotopic (exact) mass is 253 g/mol. The number of morpholine rings is 1. The van der Waals surface area contributed by atoms with Crippen molar-refractivity contribution >= 4 is 0 Å². The maximum atomic E-state index is 10.7. The minimum atomic E-state index is -0.422. The lowest BCUT2D eigenvalue weighted by atomic mass is 9.77. The van der Waals surface area contributed by atoms with Crippen LogP contribution < -0.4 is 0 Å². The van der Waals surface area contributed by atoms with Crippen LogP contribution >= 0.6 is 0 Å². The van der Waals surface area contributed by atoms with Crippen molar-refractivity contribution in [3.05, 3.63) is 0 Å². The van der Waals surface area contributed by atoms with Crippen molar-refractivity contribution in [3.8, 4) is 0 Å². The van der Waals surface area contributed by atoms with E-state index in [1.165, 1.54) is 32.1 Å². The second kappa shape index (κ2) is 4.77.